The molecule has 17 heavy (non-hydrogen) atoms. The number of nitrogens with zero attached hydrogens (tertiary/aromatic N) is 2. The van der Waals surface area contributed by atoms with Gasteiger partial charge in [-0.15, -0.1) is 0 Å². The fourth-order valence-electron chi connectivity index (χ4n) is 1.54. The lowest BCUT2D eigenvalue weighted by atomic mass is 9.91. The van der Waals surface area contributed by atoms with Crippen molar-refractivity contribution in [2.24, 2.45) is 0 Å². The average Bonchev–Trinajstić information content (AvgIpc) is 2.17. The van der Waals surface area contributed by atoms with Gasteiger partial charge in [0.05, 0.1) is 6.20 Å². The normalized spacial score (nSPS) is 18.5. The van der Waals surface area contributed by atoms with Crippen molar-refractivity contribution in [3.63, 3.8) is 0 Å². The fourth-order valence-corrected chi connectivity index (χ4v) is 1.54. The number of hydrogen-bond acceptors (Lipinski definition) is 4. The van der Waals surface area contributed by atoms with Crippen LogP contribution in [0.25, 0.3) is 0 Å². The summed E-state index contributed by atoms with van der Waals surface area (Å²) in [5.74, 6) is -3.75. The largest absolute Gasteiger partial charge is 0.476 e. The number of halogens is 2. The average molecular weight is 244 g/mol. The maximum atomic E-state index is 12.6. The van der Waals surface area contributed by atoms with Crippen LogP contribution in [0, 0.1) is 6.92 Å². The van der Waals surface area contributed by atoms with Gasteiger partial charge in [0.25, 0.3) is 5.92 Å². The number of rotatable bonds is 3. The van der Waals surface area contributed by atoms with Crippen LogP contribution in [0.3, 0.4) is 0 Å². The van der Waals surface area contributed by atoms with E-state index in [0.717, 1.165) is 6.20 Å². The van der Waals surface area contributed by atoms with E-state index >= 15 is 0 Å². The van der Waals surface area contributed by atoms with Crippen molar-refractivity contribution in [2.45, 2.75) is 31.8 Å². The first kappa shape index (κ1) is 11.7. The van der Waals surface area contributed by atoms with E-state index in [2.05, 4.69) is 9.97 Å². The van der Waals surface area contributed by atoms with Crippen molar-refractivity contribution in [3.8, 4) is 5.88 Å². The Bertz CT molecular complexity index is 457. The smallest absolute Gasteiger partial charge is 0.356 e. The monoisotopic (exact) mass is 244 g/mol. The molecule has 1 fully saturated rings. The summed E-state index contributed by atoms with van der Waals surface area (Å²) in [7, 11) is 0. The third kappa shape index (κ3) is 2.48. The second-order valence-electron chi connectivity index (χ2n) is 3.96. The molecule has 1 aromatic rings. The van der Waals surface area contributed by atoms with E-state index < -0.39 is 18.0 Å². The summed E-state index contributed by atoms with van der Waals surface area (Å²) < 4.78 is 30.3. The minimum atomic E-state index is -2.66. The molecule has 1 aromatic heterocycles. The molecule has 1 heterocycles. The zero-order valence-electron chi connectivity index (χ0n) is 8.98. The van der Waals surface area contributed by atoms with Crippen LogP contribution in [0.5, 0.6) is 5.88 Å². The number of carboxylic acids is 1. The summed E-state index contributed by atoms with van der Waals surface area (Å²) in [5, 5.41) is 8.67. The zero-order chi connectivity index (χ0) is 12.6. The van der Waals surface area contributed by atoms with Gasteiger partial charge in [0.1, 0.15) is 11.8 Å². The fraction of sp³-hybridized carbons (Fsp3) is 0.500. The molecule has 1 aliphatic rings. The summed E-state index contributed by atoms with van der Waals surface area (Å²) in [5.41, 5.74) is 0.0777. The lowest BCUT2D eigenvalue weighted by Crippen LogP contribution is -2.43. The van der Waals surface area contributed by atoms with Crippen LogP contribution in [0.15, 0.2) is 6.20 Å². The Balaban J connectivity index is 2.05. The molecular formula is C10H10F2N2O3. The third-order valence-electron chi connectivity index (χ3n) is 2.45. The highest BCUT2D eigenvalue weighted by molar-refractivity contribution is 5.84. The van der Waals surface area contributed by atoms with Gasteiger partial charge >= 0.3 is 5.97 Å². The highest BCUT2D eigenvalue weighted by Crippen LogP contribution is 2.39. The molecular weight excluding hydrogens is 234 g/mol. The number of hydrogen-bond donors (Lipinski definition) is 1. The van der Waals surface area contributed by atoms with Crippen LogP contribution in [0.2, 0.25) is 0 Å². The molecule has 0 unspecified atom stereocenters. The minimum absolute atomic E-state index is 0.107. The van der Waals surface area contributed by atoms with E-state index in [1.165, 1.54) is 6.92 Å². The topological polar surface area (TPSA) is 72.3 Å². The molecule has 0 saturated heterocycles. The number of carboxylic acid groups (broad SMARTS) is 1. The Kier molecular flexibility index (Phi) is 2.68. The van der Waals surface area contributed by atoms with Crippen LogP contribution in [0.1, 0.15) is 29.0 Å². The maximum absolute atomic E-state index is 12.6. The zero-order valence-corrected chi connectivity index (χ0v) is 8.98. The van der Waals surface area contributed by atoms with E-state index in [0.29, 0.717) is 0 Å². The van der Waals surface area contributed by atoms with Gasteiger partial charge < -0.3 is 9.84 Å². The van der Waals surface area contributed by atoms with Gasteiger partial charge in [0, 0.05) is 12.8 Å². The van der Waals surface area contributed by atoms with E-state index in [9.17, 15) is 13.6 Å². The first-order chi connectivity index (χ1) is 7.87. The first-order valence-electron chi connectivity index (χ1n) is 4.99. The molecule has 0 aliphatic heterocycles. The highest BCUT2D eigenvalue weighted by Gasteiger charge is 2.47. The molecule has 7 heteroatoms. The second kappa shape index (κ2) is 3.90. The molecule has 0 spiro atoms. The van der Waals surface area contributed by atoms with E-state index in [1.54, 1.807) is 0 Å². The lowest BCUT2D eigenvalue weighted by Gasteiger charge is -2.34. The van der Waals surface area contributed by atoms with Gasteiger partial charge in [-0.05, 0) is 6.92 Å². The Hall–Kier alpha value is -1.79. The molecule has 2 rings (SSSR count). The molecule has 0 atom stereocenters. The predicted octanol–water partition coefficient (Wildman–Crippen LogP) is 1.66. The van der Waals surface area contributed by atoms with Gasteiger partial charge in [-0.25, -0.2) is 23.5 Å². The van der Waals surface area contributed by atoms with Crippen molar-refractivity contribution < 1.29 is 23.4 Å². The number of aromatic carboxylic acids is 1. The van der Waals surface area contributed by atoms with Gasteiger partial charge in [-0.2, -0.15) is 0 Å². The lowest BCUT2D eigenvalue weighted by molar-refractivity contribution is -0.135. The molecule has 0 radical (unpaired) electrons. The summed E-state index contributed by atoms with van der Waals surface area (Å²) >= 11 is 0. The number of ether oxygens (including phenoxy) is 1. The summed E-state index contributed by atoms with van der Waals surface area (Å²) in [6.07, 6.45) is -0.209. The molecule has 92 valence electrons. The SMILES string of the molecule is Cc1nc(C(=O)O)cnc1OC1CC(F)(F)C1. The minimum Gasteiger partial charge on any atom is -0.476 e. The Labute approximate surface area is 95.5 Å². The summed E-state index contributed by atoms with van der Waals surface area (Å²) in [6.45, 7) is 1.52. The van der Waals surface area contributed by atoms with Crippen LogP contribution in [-0.2, 0) is 0 Å². The van der Waals surface area contributed by atoms with Crippen LogP contribution in [-0.4, -0.2) is 33.1 Å². The van der Waals surface area contributed by atoms with Crippen LogP contribution in [0.4, 0.5) is 8.78 Å². The molecule has 0 bridgehead atoms. The highest BCUT2D eigenvalue weighted by atomic mass is 19.3. The van der Waals surface area contributed by atoms with Crippen molar-refractivity contribution in [1.82, 2.24) is 9.97 Å². The summed E-state index contributed by atoms with van der Waals surface area (Å²) in [6, 6.07) is 0. The molecule has 1 N–H and O–H groups in total. The van der Waals surface area contributed by atoms with Gasteiger partial charge in [-0.3, -0.25) is 0 Å². The maximum Gasteiger partial charge on any atom is 0.356 e. The van der Waals surface area contributed by atoms with Crippen LogP contribution >= 0.6 is 0 Å². The third-order valence-corrected chi connectivity index (χ3v) is 2.45. The number of carbonyl (C=O) groups is 1. The van der Waals surface area contributed by atoms with Gasteiger partial charge in [-0.1, -0.05) is 0 Å². The van der Waals surface area contributed by atoms with E-state index in [-0.39, 0.29) is 30.1 Å². The Morgan fingerprint density at radius 2 is 2.24 bits per heavy atom. The quantitative estimate of drug-likeness (QED) is 0.875. The molecule has 1 saturated carbocycles. The molecule has 0 amide bonds. The van der Waals surface area contributed by atoms with Crippen molar-refractivity contribution in [1.29, 1.82) is 0 Å². The molecule has 1 aliphatic carbocycles. The number of alkyl halides is 2. The van der Waals surface area contributed by atoms with Crippen LogP contribution < -0.4 is 4.74 Å². The van der Waals surface area contributed by atoms with Crippen molar-refractivity contribution in [2.75, 3.05) is 0 Å². The Morgan fingerprint density at radius 3 is 2.71 bits per heavy atom. The summed E-state index contributed by atoms with van der Waals surface area (Å²) in [4.78, 5) is 18.1. The number of aromatic nitrogens is 2. The Morgan fingerprint density at radius 1 is 1.59 bits per heavy atom. The van der Waals surface area contributed by atoms with E-state index in [1.807, 2.05) is 0 Å². The van der Waals surface area contributed by atoms with Crippen molar-refractivity contribution >= 4 is 5.97 Å². The first-order valence-corrected chi connectivity index (χ1v) is 4.99. The molecule has 0 aromatic carbocycles. The van der Waals surface area contributed by atoms with Gasteiger partial charge in [0.15, 0.2) is 5.69 Å². The predicted molar refractivity (Wildman–Crippen MR) is 52.3 cm³/mol. The van der Waals surface area contributed by atoms with E-state index in [4.69, 9.17) is 9.84 Å². The second-order valence-corrected chi connectivity index (χ2v) is 3.96. The number of aryl methyl sites for hydroxylation is 1. The standard InChI is InChI=1S/C10H10F2N2O3/c1-5-8(13-4-7(14-5)9(15)16)17-6-2-10(11,12)3-6/h4,6H,2-3H2,1H3,(H,15,16). The van der Waals surface area contributed by atoms with Gasteiger partial charge in [0.2, 0.25) is 5.88 Å². The van der Waals surface area contributed by atoms with Crippen molar-refractivity contribution in [3.05, 3.63) is 17.6 Å². The molecule has 5 nitrogen and oxygen atoms in total.